The molecule has 0 aromatic carbocycles. The van der Waals surface area contributed by atoms with E-state index in [-0.39, 0.29) is 58.6 Å². The summed E-state index contributed by atoms with van der Waals surface area (Å²) in [5.74, 6) is 1.15. The molecule has 4 unspecified atom stereocenters. The van der Waals surface area contributed by atoms with Gasteiger partial charge in [-0.3, -0.25) is 9.59 Å². The van der Waals surface area contributed by atoms with Crippen molar-refractivity contribution >= 4 is 11.9 Å². The first-order valence-corrected chi connectivity index (χ1v) is 14.2. The first kappa shape index (κ1) is 23.8. The topological polar surface area (TPSA) is 64.6 Å². The Morgan fingerprint density at radius 3 is 1.66 bits per heavy atom. The standard InChI is InChI=1S/C30H43NO4/c1-17-7-5-9-29(3)13-25-19(11-23(17)29)21(27(32)34-25)15-31-16-22-20-12-24-18(2)8-6-10-30(24,4)14-26(20)35-28(22)33/h19-26,31H,1-2,5-16H2,3-4H3/t19-,20+,21?,22?,23?,24?,25-,26+,29-,30+. The van der Waals surface area contributed by atoms with Crippen LogP contribution in [-0.4, -0.2) is 37.2 Å². The summed E-state index contributed by atoms with van der Waals surface area (Å²) in [6.07, 6.45) is 11.1. The van der Waals surface area contributed by atoms with E-state index < -0.39 is 0 Å². The molecule has 5 nitrogen and oxygen atoms in total. The minimum Gasteiger partial charge on any atom is -0.462 e. The molecule has 2 heterocycles. The van der Waals surface area contributed by atoms with Crippen molar-refractivity contribution in [2.75, 3.05) is 13.1 Å². The number of fused-ring (bicyclic) bond motifs is 4. The lowest BCUT2D eigenvalue weighted by Crippen LogP contribution is -2.46. The van der Waals surface area contributed by atoms with E-state index >= 15 is 0 Å². The number of ether oxygens (including phenoxy) is 2. The molecule has 4 aliphatic carbocycles. The third kappa shape index (κ3) is 3.83. The highest BCUT2D eigenvalue weighted by Crippen LogP contribution is 2.58. The number of carbonyl (C=O) groups excluding carboxylic acids is 2. The molecule has 10 atom stereocenters. The first-order chi connectivity index (χ1) is 16.7. The highest BCUT2D eigenvalue weighted by Gasteiger charge is 2.56. The van der Waals surface area contributed by atoms with Crippen molar-refractivity contribution in [2.24, 2.45) is 46.3 Å². The van der Waals surface area contributed by atoms with Crippen LogP contribution in [0.5, 0.6) is 0 Å². The van der Waals surface area contributed by atoms with Crippen LogP contribution in [0, 0.1) is 46.3 Å². The molecule has 0 amide bonds. The Morgan fingerprint density at radius 1 is 0.800 bits per heavy atom. The number of esters is 2. The molecule has 0 aromatic heterocycles. The smallest absolute Gasteiger partial charge is 0.310 e. The van der Waals surface area contributed by atoms with Crippen LogP contribution in [0.2, 0.25) is 0 Å². The molecule has 5 heteroatoms. The fourth-order valence-electron chi connectivity index (χ4n) is 9.37. The average molecular weight is 482 g/mol. The molecule has 0 radical (unpaired) electrons. The van der Waals surface area contributed by atoms with Crippen LogP contribution >= 0.6 is 0 Å². The van der Waals surface area contributed by atoms with Crippen LogP contribution in [0.3, 0.4) is 0 Å². The van der Waals surface area contributed by atoms with Crippen molar-refractivity contribution in [3.8, 4) is 0 Å². The number of carbonyl (C=O) groups is 2. The van der Waals surface area contributed by atoms with Gasteiger partial charge in [-0.05, 0) is 86.9 Å². The molecule has 192 valence electrons. The van der Waals surface area contributed by atoms with Crippen molar-refractivity contribution in [3.05, 3.63) is 24.3 Å². The third-order valence-corrected chi connectivity index (χ3v) is 11.4. The molecular formula is C30H43NO4. The summed E-state index contributed by atoms with van der Waals surface area (Å²) in [5, 5.41) is 3.54. The van der Waals surface area contributed by atoms with Gasteiger partial charge in [0.25, 0.3) is 0 Å². The van der Waals surface area contributed by atoms with E-state index in [1.54, 1.807) is 0 Å². The Kier molecular flexibility index (Phi) is 5.75. The summed E-state index contributed by atoms with van der Waals surface area (Å²) >= 11 is 0. The second kappa shape index (κ2) is 8.46. The maximum absolute atomic E-state index is 12.9. The van der Waals surface area contributed by atoms with Gasteiger partial charge in [0.15, 0.2) is 0 Å². The normalized spacial score (nSPS) is 49.0. The fourth-order valence-corrected chi connectivity index (χ4v) is 9.37. The van der Waals surface area contributed by atoms with Crippen LogP contribution < -0.4 is 5.32 Å². The predicted molar refractivity (Wildman–Crippen MR) is 134 cm³/mol. The molecule has 2 aliphatic heterocycles. The molecule has 6 fully saturated rings. The van der Waals surface area contributed by atoms with E-state index in [2.05, 4.69) is 32.3 Å². The maximum atomic E-state index is 12.9. The maximum Gasteiger partial charge on any atom is 0.310 e. The lowest BCUT2D eigenvalue weighted by atomic mass is 9.55. The van der Waals surface area contributed by atoms with Gasteiger partial charge < -0.3 is 14.8 Å². The molecular weight excluding hydrogens is 438 g/mol. The highest BCUT2D eigenvalue weighted by molar-refractivity contribution is 5.76. The summed E-state index contributed by atoms with van der Waals surface area (Å²) in [5.41, 5.74) is 3.19. The molecule has 1 N–H and O–H groups in total. The Morgan fingerprint density at radius 2 is 1.23 bits per heavy atom. The Labute approximate surface area is 210 Å². The zero-order valence-corrected chi connectivity index (χ0v) is 21.7. The molecule has 0 spiro atoms. The fraction of sp³-hybridized carbons (Fsp3) is 0.800. The Bertz CT molecular complexity index is 869. The van der Waals surface area contributed by atoms with Gasteiger partial charge >= 0.3 is 11.9 Å². The molecule has 0 bridgehead atoms. The monoisotopic (exact) mass is 481 g/mol. The second-order valence-electron chi connectivity index (χ2n) is 13.5. The first-order valence-electron chi connectivity index (χ1n) is 14.2. The molecule has 2 saturated heterocycles. The quantitative estimate of drug-likeness (QED) is 0.441. The van der Waals surface area contributed by atoms with Crippen molar-refractivity contribution < 1.29 is 19.1 Å². The van der Waals surface area contributed by atoms with Crippen LogP contribution in [0.4, 0.5) is 0 Å². The Balaban J connectivity index is 1.10. The second-order valence-corrected chi connectivity index (χ2v) is 13.5. The molecule has 0 aromatic rings. The summed E-state index contributed by atoms with van der Waals surface area (Å²) in [4.78, 5) is 25.8. The van der Waals surface area contributed by atoms with E-state index in [0.717, 1.165) is 38.5 Å². The summed E-state index contributed by atoms with van der Waals surface area (Å²) in [7, 11) is 0. The van der Waals surface area contributed by atoms with Crippen molar-refractivity contribution in [2.45, 2.75) is 90.3 Å². The van der Waals surface area contributed by atoms with Gasteiger partial charge in [-0.25, -0.2) is 0 Å². The van der Waals surface area contributed by atoms with Gasteiger partial charge in [0.2, 0.25) is 0 Å². The number of nitrogens with one attached hydrogen (secondary N) is 1. The van der Waals surface area contributed by atoms with E-state index in [1.807, 2.05) is 0 Å². The highest BCUT2D eigenvalue weighted by atomic mass is 16.6. The van der Waals surface area contributed by atoms with Crippen molar-refractivity contribution in [1.82, 2.24) is 5.32 Å². The largest absolute Gasteiger partial charge is 0.462 e. The van der Waals surface area contributed by atoms with Crippen LogP contribution in [-0.2, 0) is 19.1 Å². The van der Waals surface area contributed by atoms with Crippen LogP contribution in [0.1, 0.15) is 78.1 Å². The van der Waals surface area contributed by atoms with Crippen molar-refractivity contribution in [1.29, 1.82) is 0 Å². The lowest BCUT2D eigenvalue weighted by molar-refractivity contribution is -0.146. The lowest BCUT2D eigenvalue weighted by Gasteiger charge is -2.50. The molecule has 35 heavy (non-hydrogen) atoms. The van der Waals surface area contributed by atoms with Gasteiger partial charge in [-0.15, -0.1) is 0 Å². The Hall–Kier alpha value is -1.62. The third-order valence-electron chi connectivity index (χ3n) is 11.4. The summed E-state index contributed by atoms with van der Waals surface area (Å²) in [6.45, 7) is 14.7. The van der Waals surface area contributed by atoms with Crippen LogP contribution in [0.25, 0.3) is 0 Å². The zero-order chi connectivity index (χ0) is 24.5. The average Bonchev–Trinajstić information content (AvgIpc) is 3.25. The summed E-state index contributed by atoms with van der Waals surface area (Å²) in [6, 6.07) is 0. The van der Waals surface area contributed by atoms with Gasteiger partial charge in [0, 0.05) is 24.9 Å². The van der Waals surface area contributed by atoms with E-state index in [4.69, 9.17) is 9.47 Å². The number of hydrogen-bond acceptors (Lipinski definition) is 5. The molecule has 6 rings (SSSR count). The molecule has 6 aliphatic rings. The number of hydrogen-bond donors (Lipinski definition) is 1. The van der Waals surface area contributed by atoms with Gasteiger partial charge in [-0.1, -0.05) is 38.2 Å². The van der Waals surface area contributed by atoms with Crippen molar-refractivity contribution in [3.63, 3.8) is 0 Å². The number of rotatable bonds is 4. The SMILES string of the molecule is C=C1CCC[C@@]2(C)C[C@@H]3OC(=O)C(CNCC4C(=O)O[C@@H]5C[C@@]6(C)CCCC(=C)C6C[C@H]45)[C@@H]3CC12. The van der Waals surface area contributed by atoms with Crippen LogP contribution in [0.15, 0.2) is 24.3 Å². The zero-order valence-electron chi connectivity index (χ0n) is 21.7. The molecule has 4 saturated carbocycles. The van der Waals surface area contributed by atoms with E-state index in [1.165, 1.54) is 36.8 Å². The number of allylic oxidation sites excluding steroid dienone is 2. The van der Waals surface area contributed by atoms with E-state index in [0.29, 0.717) is 24.9 Å². The summed E-state index contributed by atoms with van der Waals surface area (Å²) < 4.78 is 11.9. The van der Waals surface area contributed by atoms with Gasteiger partial charge in [0.1, 0.15) is 12.2 Å². The minimum atomic E-state index is -0.125. The minimum absolute atomic E-state index is 0.0376. The van der Waals surface area contributed by atoms with Gasteiger partial charge in [0.05, 0.1) is 11.8 Å². The predicted octanol–water partition coefficient (Wildman–Crippen LogP) is 5.20. The van der Waals surface area contributed by atoms with Gasteiger partial charge in [-0.2, -0.15) is 0 Å². The van der Waals surface area contributed by atoms with E-state index in [9.17, 15) is 9.59 Å².